The third-order valence-electron chi connectivity index (χ3n) is 6.55. The van der Waals surface area contributed by atoms with Gasteiger partial charge in [-0.25, -0.2) is 9.78 Å². The van der Waals surface area contributed by atoms with Crippen molar-refractivity contribution in [3.05, 3.63) is 76.2 Å². The third kappa shape index (κ3) is 6.34. The predicted molar refractivity (Wildman–Crippen MR) is 151 cm³/mol. The number of cyclic esters (lactones) is 1. The molecular weight excluding hydrogens is 552 g/mol. The van der Waals surface area contributed by atoms with Gasteiger partial charge in [-0.3, -0.25) is 19.8 Å². The highest BCUT2D eigenvalue weighted by molar-refractivity contribution is 7.80. The minimum atomic E-state index is -0.684. The zero-order valence-corrected chi connectivity index (χ0v) is 22.4. The predicted octanol–water partition coefficient (Wildman–Crippen LogP) is 2.73. The second kappa shape index (κ2) is 11.9. The van der Waals surface area contributed by atoms with E-state index in [0.717, 1.165) is 11.8 Å². The van der Waals surface area contributed by atoms with E-state index in [1.807, 2.05) is 4.90 Å². The number of furan rings is 1. The fourth-order valence-corrected chi connectivity index (χ4v) is 4.61. The van der Waals surface area contributed by atoms with Gasteiger partial charge in [0.2, 0.25) is 0 Å². The van der Waals surface area contributed by atoms with Crippen LogP contribution in [0, 0.1) is 21.4 Å². The topological polar surface area (TPSA) is 170 Å². The van der Waals surface area contributed by atoms with Gasteiger partial charge in [0.05, 0.1) is 42.7 Å². The number of piperazine rings is 1. The standard InChI is InChI=1S/C26H24N8O6S/c27-13-17-1-3-18(4-2-17)30-25(41)29-15-20-16-33(26(36)39-20)19-5-7-22(28-14-19)31-9-11-32(12-10-31)24(35)21-6-8-23(40-21)34(37)38/h1-8,14,20H,9-12,15-16H2,(H2,29,30,41)/t20-/m0/s1. The van der Waals surface area contributed by atoms with E-state index in [4.69, 9.17) is 26.6 Å². The minimum Gasteiger partial charge on any atom is -0.442 e. The van der Waals surface area contributed by atoms with Crippen molar-refractivity contribution in [1.82, 2.24) is 15.2 Å². The van der Waals surface area contributed by atoms with Crippen molar-refractivity contribution in [2.45, 2.75) is 6.10 Å². The maximum atomic E-state index is 12.6. The lowest BCUT2D eigenvalue weighted by molar-refractivity contribution is -0.402. The molecule has 41 heavy (non-hydrogen) atoms. The third-order valence-corrected chi connectivity index (χ3v) is 6.80. The zero-order chi connectivity index (χ0) is 28.9. The number of benzene rings is 1. The molecule has 0 bridgehead atoms. The lowest BCUT2D eigenvalue weighted by Gasteiger charge is -2.35. The van der Waals surface area contributed by atoms with Crippen LogP contribution in [-0.2, 0) is 4.74 Å². The molecule has 2 fully saturated rings. The number of rotatable bonds is 7. The molecule has 2 aromatic heterocycles. The summed E-state index contributed by atoms with van der Waals surface area (Å²) in [5, 5.41) is 26.1. The Kier molecular flexibility index (Phi) is 7.92. The molecule has 4 heterocycles. The molecule has 0 radical (unpaired) electrons. The molecule has 0 spiro atoms. The van der Waals surface area contributed by atoms with E-state index >= 15 is 0 Å². The number of hydrogen-bond acceptors (Lipinski definition) is 10. The molecule has 2 aliphatic rings. The van der Waals surface area contributed by atoms with Crippen LogP contribution in [0.5, 0.6) is 0 Å². The van der Waals surface area contributed by atoms with E-state index in [0.29, 0.717) is 61.4 Å². The van der Waals surface area contributed by atoms with Crippen LogP contribution in [0.25, 0.3) is 0 Å². The SMILES string of the molecule is N#Cc1ccc(NC(=S)NC[C@H]2CN(c3ccc(N4CCN(C(=O)c5ccc([N+](=O)[O-])o5)CC4)nc3)C(=O)O2)cc1. The number of nitrogens with one attached hydrogen (secondary N) is 2. The van der Waals surface area contributed by atoms with Crippen molar-refractivity contribution in [3.8, 4) is 6.07 Å². The second-order valence-corrected chi connectivity index (χ2v) is 9.60. The minimum absolute atomic E-state index is 0.0666. The van der Waals surface area contributed by atoms with Crippen molar-refractivity contribution in [2.24, 2.45) is 0 Å². The number of nitro groups is 1. The first-order valence-electron chi connectivity index (χ1n) is 12.6. The molecule has 3 aromatic rings. The van der Waals surface area contributed by atoms with Crippen LogP contribution in [0.1, 0.15) is 16.1 Å². The summed E-state index contributed by atoms with van der Waals surface area (Å²) < 4.78 is 10.5. The molecular formula is C26H24N8O6S. The van der Waals surface area contributed by atoms with Crippen LogP contribution < -0.4 is 20.4 Å². The van der Waals surface area contributed by atoms with Crippen LogP contribution in [0.3, 0.4) is 0 Å². The van der Waals surface area contributed by atoms with Gasteiger partial charge in [0.15, 0.2) is 10.9 Å². The first-order chi connectivity index (χ1) is 19.8. The molecule has 14 nitrogen and oxygen atoms in total. The quantitative estimate of drug-likeness (QED) is 0.240. The van der Waals surface area contributed by atoms with Gasteiger partial charge in [0.25, 0.3) is 5.91 Å². The van der Waals surface area contributed by atoms with E-state index in [1.165, 1.54) is 11.0 Å². The summed E-state index contributed by atoms with van der Waals surface area (Å²) in [5.41, 5.74) is 1.87. The van der Waals surface area contributed by atoms with Crippen LogP contribution in [0.2, 0.25) is 0 Å². The monoisotopic (exact) mass is 576 g/mol. The average Bonchev–Trinajstić information content (AvgIpc) is 3.64. The lowest BCUT2D eigenvalue weighted by atomic mass is 10.2. The molecule has 2 aliphatic heterocycles. The van der Waals surface area contributed by atoms with Crippen LogP contribution >= 0.6 is 12.2 Å². The maximum absolute atomic E-state index is 12.6. The first-order valence-corrected chi connectivity index (χ1v) is 13.0. The molecule has 2 amide bonds. The van der Waals surface area contributed by atoms with E-state index < -0.39 is 28.9 Å². The van der Waals surface area contributed by atoms with Gasteiger partial charge in [-0.1, -0.05) is 0 Å². The normalized spacial score (nSPS) is 16.6. The maximum Gasteiger partial charge on any atom is 0.433 e. The van der Waals surface area contributed by atoms with Crippen LogP contribution in [-0.4, -0.2) is 77.3 Å². The molecule has 0 aliphatic carbocycles. The zero-order valence-electron chi connectivity index (χ0n) is 21.6. The Bertz CT molecular complexity index is 1500. The van der Waals surface area contributed by atoms with Crippen LogP contribution in [0.4, 0.5) is 27.9 Å². The molecule has 0 saturated carbocycles. The summed E-state index contributed by atoms with van der Waals surface area (Å²) in [5.74, 6) is -0.244. The van der Waals surface area contributed by atoms with Crippen molar-refractivity contribution >= 4 is 52.4 Å². The van der Waals surface area contributed by atoms with Crippen molar-refractivity contribution in [3.63, 3.8) is 0 Å². The summed E-state index contributed by atoms with van der Waals surface area (Å²) >= 11 is 5.31. The van der Waals surface area contributed by atoms with Gasteiger partial charge < -0.3 is 29.6 Å². The summed E-state index contributed by atoms with van der Waals surface area (Å²) in [6.07, 6.45) is 0.690. The number of aromatic nitrogens is 1. The van der Waals surface area contributed by atoms with Crippen molar-refractivity contribution < 1.29 is 23.7 Å². The number of nitriles is 1. The number of hydrogen-bond donors (Lipinski definition) is 2. The Morgan fingerprint density at radius 1 is 1.15 bits per heavy atom. The average molecular weight is 577 g/mol. The molecule has 2 saturated heterocycles. The molecule has 1 aromatic carbocycles. The number of amides is 2. The molecule has 210 valence electrons. The van der Waals surface area contributed by atoms with Gasteiger partial charge in [0, 0.05) is 31.9 Å². The number of ether oxygens (including phenoxy) is 1. The van der Waals surface area contributed by atoms with E-state index in [9.17, 15) is 19.7 Å². The summed E-state index contributed by atoms with van der Waals surface area (Å²) in [7, 11) is 0. The number of carbonyl (C=O) groups excluding carboxylic acids is 2. The Balaban J connectivity index is 1.09. The summed E-state index contributed by atoms with van der Waals surface area (Å²) in [6, 6.07) is 15.0. The number of anilines is 3. The van der Waals surface area contributed by atoms with E-state index in [-0.39, 0.29) is 5.76 Å². The highest BCUT2D eigenvalue weighted by Crippen LogP contribution is 2.24. The Morgan fingerprint density at radius 3 is 2.54 bits per heavy atom. The fraction of sp³-hybridized carbons (Fsp3) is 0.269. The van der Waals surface area contributed by atoms with Crippen molar-refractivity contribution in [1.29, 1.82) is 5.26 Å². The van der Waals surface area contributed by atoms with Crippen LogP contribution in [0.15, 0.2) is 59.1 Å². The van der Waals surface area contributed by atoms with Gasteiger partial charge in [-0.2, -0.15) is 5.26 Å². The molecule has 0 unspecified atom stereocenters. The molecule has 5 rings (SSSR count). The first kappa shape index (κ1) is 27.3. The Morgan fingerprint density at radius 2 is 1.90 bits per heavy atom. The summed E-state index contributed by atoms with van der Waals surface area (Å²) in [6.45, 7) is 2.44. The smallest absolute Gasteiger partial charge is 0.433 e. The lowest BCUT2D eigenvalue weighted by Crippen LogP contribution is -2.49. The van der Waals surface area contributed by atoms with E-state index in [2.05, 4.69) is 21.7 Å². The van der Waals surface area contributed by atoms with Gasteiger partial charge >= 0.3 is 12.0 Å². The number of pyridine rings is 1. The second-order valence-electron chi connectivity index (χ2n) is 9.19. The Hall–Kier alpha value is -5.23. The fourth-order valence-electron chi connectivity index (χ4n) is 4.41. The number of nitrogens with zero attached hydrogens (tertiary/aromatic N) is 6. The number of carbonyl (C=O) groups is 2. The molecule has 1 atom stereocenters. The van der Waals surface area contributed by atoms with Crippen molar-refractivity contribution in [2.75, 3.05) is 54.4 Å². The highest BCUT2D eigenvalue weighted by Gasteiger charge is 2.33. The van der Waals surface area contributed by atoms with Gasteiger partial charge in [-0.05, 0) is 54.7 Å². The van der Waals surface area contributed by atoms with Gasteiger partial charge in [0.1, 0.15) is 16.8 Å². The molecule has 15 heteroatoms. The highest BCUT2D eigenvalue weighted by atomic mass is 32.1. The van der Waals surface area contributed by atoms with E-state index in [1.54, 1.807) is 47.5 Å². The Labute approximate surface area is 239 Å². The largest absolute Gasteiger partial charge is 0.442 e. The van der Waals surface area contributed by atoms with Gasteiger partial charge in [-0.15, -0.1) is 0 Å². The number of thiocarbonyl (C=S) groups is 1. The molecule has 2 N–H and O–H groups in total. The summed E-state index contributed by atoms with van der Waals surface area (Å²) in [4.78, 5) is 44.8.